The molecule has 1 atom stereocenters. The summed E-state index contributed by atoms with van der Waals surface area (Å²) >= 11 is 1.56. The van der Waals surface area contributed by atoms with Crippen LogP contribution in [0.25, 0.3) is 0 Å². The van der Waals surface area contributed by atoms with Gasteiger partial charge < -0.3 is 10.6 Å². The minimum Gasteiger partial charge on any atom is -0.338 e. The molecular weight excluding hydrogens is 220 g/mol. The molecule has 0 bridgehead atoms. The van der Waals surface area contributed by atoms with Crippen LogP contribution in [-0.2, 0) is 6.42 Å². The molecular formula is C12H18N2OS. The van der Waals surface area contributed by atoms with E-state index >= 15 is 0 Å². The van der Waals surface area contributed by atoms with Gasteiger partial charge in [-0.05, 0) is 42.3 Å². The van der Waals surface area contributed by atoms with E-state index in [-0.39, 0.29) is 5.91 Å². The lowest BCUT2D eigenvalue weighted by atomic mass is 10.1. The standard InChI is InChI=1S/C12H18N2OS/c1-2-10-4-6-16-11(10)12(15)14-5-3-9(7-13)8-14/h4,6,9H,2-3,5,7-8,13H2,1H3. The predicted octanol–water partition coefficient (Wildman–Crippen LogP) is 1.73. The lowest BCUT2D eigenvalue weighted by Gasteiger charge is -2.16. The molecule has 1 aromatic rings. The zero-order valence-electron chi connectivity index (χ0n) is 9.61. The summed E-state index contributed by atoms with van der Waals surface area (Å²) in [5.41, 5.74) is 6.81. The summed E-state index contributed by atoms with van der Waals surface area (Å²) in [6.07, 6.45) is 1.98. The van der Waals surface area contributed by atoms with Gasteiger partial charge in [-0.25, -0.2) is 0 Å². The molecule has 0 saturated carbocycles. The van der Waals surface area contributed by atoms with E-state index in [1.165, 1.54) is 5.56 Å². The van der Waals surface area contributed by atoms with Gasteiger partial charge in [0.1, 0.15) is 0 Å². The van der Waals surface area contributed by atoms with Crippen molar-refractivity contribution in [2.75, 3.05) is 19.6 Å². The highest BCUT2D eigenvalue weighted by molar-refractivity contribution is 7.12. The number of likely N-dealkylation sites (tertiary alicyclic amines) is 1. The van der Waals surface area contributed by atoms with Crippen molar-refractivity contribution in [3.05, 3.63) is 21.9 Å². The number of amides is 1. The number of nitrogens with two attached hydrogens (primary N) is 1. The minimum atomic E-state index is 0.197. The van der Waals surface area contributed by atoms with Gasteiger partial charge in [0.25, 0.3) is 5.91 Å². The van der Waals surface area contributed by atoms with E-state index in [4.69, 9.17) is 5.73 Å². The van der Waals surface area contributed by atoms with Gasteiger partial charge in [0.15, 0.2) is 0 Å². The van der Waals surface area contributed by atoms with Crippen LogP contribution in [0.3, 0.4) is 0 Å². The SMILES string of the molecule is CCc1ccsc1C(=O)N1CCC(CN)C1. The molecule has 2 heterocycles. The third-order valence-corrected chi connectivity index (χ3v) is 4.17. The van der Waals surface area contributed by atoms with E-state index in [2.05, 4.69) is 6.92 Å². The summed E-state index contributed by atoms with van der Waals surface area (Å²) in [4.78, 5) is 15.1. The molecule has 0 spiro atoms. The van der Waals surface area contributed by atoms with E-state index in [1.54, 1.807) is 11.3 Å². The highest BCUT2D eigenvalue weighted by atomic mass is 32.1. The molecule has 0 radical (unpaired) electrons. The van der Waals surface area contributed by atoms with E-state index in [0.29, 0.717) is 12.5 Å². The number of aryl methyl sites for hydroxylation is 1. The maximum absolute atomic E-state index is 12.2. The third-order valence-electron chi connectivity index (χ3n) is 3.23. The Morgan fingerprint density at radius 1 is 1.69 bits per heavy atom. The molecule has 1 unspecified atom stereocenters. The van der Waals surface area contributed by atoms with Gasteiger partial charge >= 0.3 is 0 Å². The maximum atomic E-state index is 12.2. The summed E-state index contributed by atoms with van der Waals surface area (Å²) in [5, 5.41) is 2.00. The van der Waals surface area contributed by atoms with Gasteiger partial charge in [0.05, 0.1) is 4.88 Å². The second kappa shape index (κ2) is 4.97. The second-order valence-electron chi connectivity index (χ2n) is 4.27. The first-order valence-electron chi connectivity index (χ1n) is 5.82. The Morgan fingerprint density at radius 2 is 2.50 bits per heavy atom. The average Bonchev–Trinajstić information content (AvgIpc) is 2.96. The zero-order chi connectivity index (χ0) is 11.5. The van der Waals surface area contributed by atoms with Crippen LogP contribution in [0.15, 0.2) is 11.4 Å². The second-order valence-corrected chi connectivity index (χ2v) is 5.19. The van der Waals surface area contributed by atoms with Crippen molar-refractivity contribution in [1.82, 2.24) is 4.90 Å². The van der Waals surface area contributed by atoms with Gasteiger partial charge in [-0.3, -0.25) is 4.79 Å². The van der Waals surface area contributed by atoms with Crippen molar-refractivity contribution >= 4 is 17.2 Å². The molecule has 1 amide bonds. The van der Waals surface area contributed by atoms with Crippen LogP contribution < -0.4 is 5.73 Å². The highest BCUT2D eigenvalue weighted by Gasteiger charge is 2.27. The van der Waals surface area contributed by atoms with Crippen LogP contribution in [-0.4, -0.2) is 30.4 Å². The molecule has 0 aliphatic carbocycles. The number of hydrogen-bond acceptors (Lipinski definition) is 3. The molecule has 4 heteroatoms. The van der Waals surface area contributed by atoms with Crippen molar-refractivity contribution in [2.45, 2.75) is 19.8 Å². The molecule has 2 rings (SSSR count). The van der Waals surface area contributed by atoms with Crippen molar-refractivity contribution < 1.29 is 4.79 Å². The molecule has 16 heavy (non-hydrogen) atoms. The third kappa shape index (κ3) is 2.13. The lowest BCUT2D eigenvalue weighted by Crippen LogP contribution is -2.29. The average molecular weight is 238 g/mol. The monoisotopic (exact) mass is 238 g/mol. The van der Waals surface area contributed by atoms with Crippen LogP contribution in [0.2, 0.25) is 0 Å². The summed E-state index contributed by atoms with van der Waals surface area (Å²) < 4.78 is 0. The first-order chi connectivity index (χ1) is 7.76. The predicted molar refractivity (Wildman–Crippen MR) is 66.8 cm³/mol. The number of hydrogen-bond donors (Lipinski definition) is 1. The van der Waals surface area contributed by atoms with Crippen molar-refractivity contribution in [1.29, 1.82) is 0 Å². The highest BCUT2D eigenvalue weighted by Crippen LogP contribution is 2.23. The number of thiophene rings is 1. The first kappa shape index (κ1) is 11.6. The first-order valence-corrected chi connectivity index (χ1v) is 6.70. The van der Waals surface area contributed by atoms with Crippen molar-refractivity contribution in [3.8, 4) is 0 Å². The number of nitrogens with zero attached hydrogens (tertiary/aromatic N) is 1. The zero-order valence-corrected chi connectivity index (χ0v) is 10.4. The fraction of sp³-hybridized carbons (Fsp3) is 0.583. The molecule has 1 saturated heterocycles. The Kier molecular flexibility index (Phi) is 3.61. The topological polar surface area (TPSA) is 46.3 Å². The summed E-state index contributed by atoms with van der Waals surface area (Å²) in [6.45, 7) is 4.47. The summed E-state index contributed by atoms with van der Waals surface area (Å²) in [7, 11) is 0. The minimum absolute atomic E-state index is 0.197. The van der Waals surface area contributed by atoms with Crippen LogP contribution >= 0.6 is 11.3 Å². The quantitative estimate of drug-likeness (QED) is 0.871. The van der Waals surface area contributed by atoms with Gasteiger partial charge in [-0.2, -0.15) is 0 Å². The summed E-state index contributed by atoms with van der Waals surface area (Å²) in [5.74, 6) is 0.691. The van der Waals surface area contributed by atoms with E-state index in [9.17, 15) is 4.79 Å². The van der Waals surface area contributed by atoms with Gasteiger partial charge in [0.2, 0.25) is 0 Å². The molecule has 0 aromatic carbocycles. The van der Waals surface area contributed by atoms with Crippen LogP contribution in [0.1, 0.15) is 28.6 Å². The molecule has 1 fully saturated rings. The Balaban J connectivity index is 2.08. The van der Waals surface area contributed by atoms with Gasteiger partial charge in [0, 0.05) is 13.1 Å². The number of carbonyl (C=O) groups excluding carboxylic acids is 1. The van der Waals surface area contributed by atoms with Crippen molar-refractivity contribution in [2.24, 2.45) is 11.7 Å². The molecule has 3 nitrogen and oxygen atoms in total. The smallest absolute Gasteiger partial charge is 0.264 e. The van der Waals surface area contributed by atoms with Crippen LogP contribution in [0.5, 0.6) is 0 Å². The molecule has 1 aliphatic rings. The van der Waals surface area contributed by atoms with E-state index < -0.39 is 0 Å². The lowest BCUT2D eigenvalue weighted by molar-refractivity contribution is 0.0791. The van der Waals surface area contributed by atoms with E-state index in [0.717, 1.165) is 30.8 Å². The molecule has 2 N–H and O–H groups in total. The Morgan fingerprint density at radius 3 is 3.12 bits per heavy atom. The molecule has 1 aromatic heterocycles. The van der Waals surface area contributed by atoms with Gasteiger partial charge in [-0.1, -0.05) is 6.92 Å². The molecule has 1 aliphatic heterocycles. The number of carbonyl (C=O) groups is 1. The van der Waals surface area contributed by atoms with Crippen molar-refractivity contribution in [3.63, 3.8) is 0 Å². The fourth-order valence-corrected chi connectivity index (χ4v) is 3.12. The summed E-state index contributed by atoms with van der Waals surface area (Å²) in [6, 6.07) is 2.05. The van der Waals surface area contributed by atoms with Crippen LogP contribution in [0, 0.1) is 5.92 Å². The fourth-order valence-electron chi connectivity index (χ4n) is 2.15. The number of rotatable bonds is 3. The normalized spacial score (nSPS) is 20.4. The van der Waals surface area contributed by atoms with Gasteiger partial charge in [-0.15, -0.1) is 11.3 Å². The Labute approximate surface area is 100 Å². The largest absolute Gasteiger partial charge is 0.338 e. The maximum Gasteiger partial charge on any atom is 0.264 e. The Hall–Kier alpha value is -0.870. The van der Waals surface area contributed by atoms with Crippen LogP contribution in [0.4, 0.5) is 0 Å². The Bertz CT molecular complexity index is 375. The van der Waals surface area contributed by atoms with E-state index in [1.807, 2.05) is 16.3 Å². The molecule has 88 valence electrons.